The van der Waals surface area contributed by atoms with E-state index in [2.05, 4.69) is 25.0 Å². The smallest absolute Gasteiger partial charge is 0.0108 e. The standard InChI is InChI=1S/C10H22N2S/c1-8-9(2)12(6-7-13-3)5-4-10(8)11/h8-10H,4-7,11H2,1-3H3. The van der Waals surface area contributed by atoms with Gasteiger partial charge in [-0.15, -0.1) is 0 Å². The second-order valence-corrected chi connectivity index (χ2v) is 5.07. The lowest BCUT2D eigenvalue weighted by Crippen LogP contribution is -2.52. The van der Waals surface area contributed by atoms with Crippen molar-refractivity contribution < 1.29 is 0 Å². The van der Waals surface area contributed by atoms with Gasteiger partial charge >= 0.3 is 0 Å². The lowest BCUT2D eigenvalue weighted by atomic mass is 9.88. The van der Waals surface area contributed by atoms with Gasteiger partial charge in [-0.3, -0.25) is 4.90 Å². The van der Waals surface area contributed by atoms with Gasteiger partial charge in [0.25, 0.3) is 0 Å². The van der Waals surface area contributed by atoms with E-state index in [-0.39, 0.29) is 0 Å². The molecule has 0 amide bonds. The molecular formula is C10H22N2S. The van der Waals surface area contributed by atoms with E-state index in [0.29, 0.717) is 18.0 Å². The third kappa shape index (κ3) is 2.86. The molecule has 1 aliphatic heterocycles. The number of likely N-dealkylation sites (tertiary alicyclic amines) is 1. The summed E-state index contributed by atoms with van der Waals surface area (Å²) in [6.45, 7) is 7.00. The molecule has 3 unspecified atom stereocenters. The molecule has 0 aromatic heterocycles. The van der Waals surface area contributed by atoms with Crippen LogP contribution < -0.4 is 5.73 Å². The van der Waals surface area contributed by atoms with Crippen LogP contribution in [0.15, 0.2) is 0 Å². The number of thioether (sulfide) groups is 1. The van der Waals surface area contributed by atoms with Crippen molar-refractivity contribution in [1.82, 2.24) is 4.90 Å². The van der Waals surface area contributed by atoms with E-state index in [1.165, 1.54) is 25.3 Å². The summed E-state index contributed by atoms with van der Waals surface area (Å²) in [5, 5.41) is 0. The third-order valence-electron chi connectivity index (χ3n) is 3.34. The lowest BCUT2D eigenvalue weighted by molar-refractivity contribution is 0.105. The predicted molar refractivity (Wildman–Crippen MR) is 61.2 cm³/mol. The van der Waals surface area contributed by atoms with Crippen LogP contribution in [0.5, 0.6) is 0 Å². The minimum Gasteiger partial charge on any atom is -0.327 e. The first-order chi connectivity index (χ1) is 6.16. The monoisotopic (exact) mass is 202 g/mol. The molecule has 0 aromatic rings. The van der Waals surface area contributed by atoms with Crippen molar-refractivity contribution in [3.8, 4) is 0 Å². The van der Waals surface area contributed by atoms with Crippen LogP contribution in [0.3, 0.4) is 0 Å². The second-order valence-electron chi connectivity index (χ2n) is 4.08. The Hall–Kier alpha value is 0.270. The third-order valence-corrected chi connectivity index (χ3v) is 3.94. The van der Waals surface area contributed by atoms with Crippen LogP contribution >= 0.6 is 11.8 Å². The second kappa shape index (κ2) is 5.23. The molecule has 2 N–H and O–H groups in total. The molecule has 2 nitrogen and oxygen atoms in total. The number of piperidine rings is 1. The summed E-state index contributed by atoms with van der Waals surface area (Å²) in [4.78, 5) is 2.57. The molecule has 1 heterocycles. The number of hydrogen-bond donors (Lipinski definition) is 1. The number of hydrogen-bond acceptors (Lipinski definition) is 3. The van der Waals surface area contributed by atoms with Crippen molar-refractivity contribution >= 4 is 11.8 Å². The highest BCUT2D eigenvalue weighted by Gasteiger charge is 2.29. The Morgan fingerprint density at radius 1 is 1.46 bits per heavy atom. The largest absolute Gasteiger partial charge is 0.327 e. The first-order valence-corrected chi connectivity index (χ1v) is 6.54. The maximum Gasteiger partial charge on any atom is 0.0108 e. The Balaban J connectivity index is 2.39. The van der Waals surface area contributed by atoms with Crippen LogP contribution in [-0.4, -0.2) is 42.1 Å². The zero-order valence-electron chi connectivity index (χ0n) is 8.99. The molecule has 0 radical (unpaired) electrons. The van der Waals surface area contributed by atoms with E-state index in [0.717, 1.165) is 0 Å². The molecule has 0 saturated carbocycles. The van der Waals surface area contributed by atoms with Crippen molar-refractivity contribution in [1.29, 1.82) is 0 Å². The van der Waals surface area contributed by atoms with Gasteiger partial charge in [0, 0.05) is 24.4 Å². The summed E-state index contributed by atoms with van der Waals surface area (Å²) in [6.07, 6.45) is 3.34. The van der Waals surface area contributed by atoms with Gasteiger partial charge in [0.1, 0.15) is 0 Å². The Kier molecular flexibility index (Phi) is 4.56. The molecule has 0 spiro atoms. The van der Waals surface area contributed by atoms with Gasteiger partial charge in [-0.05, 0) is 32.1 Å². The summed E-state index contributed by atoms with van der Waals surface area (Å²) in [5.74, 6) is 1.89. The number of nitrogens with zero attached hydrogens (tertiary/aromatic N) is 1. The number of nitrogens with two attached hydrogens (primary N) is 1. The van der Waals surface area contributed by atoms with Gasteiger partial charge in [-0.2, -0.15) is 11.8 Å². The minimum atomic E-state index is 0.417. The van der Waals surface area contributed by atoms with Gasteiger partial charge in [0.05, 0.1) is 0 Å². The minimum absolute atomic E-state index is 0.417. The van der Waals surface area contributed by atoms with E-state index >= 15 is 0 Å². The van der Waals surface area contributed by atoms with E-state index in [1.54, 1.807) is 0 Å². The fraction of sp³-hybridized carbons (Fsp3) is 1.00. The highest BCUT2D eigenvalue weighted by atomic mass is 32.2. The lowest BCUT2D eigenvalue weighted by Gasteiger charge is -2.41. The van der Waals surface area contributed by atoms with Crippen molar-refractivity contribution in [2.45, 2.75) is 32.4 Å². The molecule has 3 atom stereocenters. The van der Waals surface area contributed by atoms with Gasteiger partial charge in [0.2, 0.25) is 0 Å². The average molecular weight is 202 g/mol. The van der Waals surface area contributed by atoms with Crippen LogP contribution in [0.4, 0.5) is 0 Å². The molecule has 1 rings (SSSR count). The quantitative estimate of drug-likeness (QED) is 0.750. The molecule has 3 heteroatoms. The van der Waals surface area contributed by atoms with Crippen molar-refractivity contribution in [2.75, 3.05) is 25.1 Å². The zero-order valence-corrected chi connectivity index (χ0v) is 9.81. The highest BCUT2D eigenvalue weighted by Crippen LogP contribution is 2.21. The maximum absolute atomic E-state index is 6.03. The van der Waals surface area contributed by atoms with Gasteiger partial charge in [-0.25, -0.2) is 0 Å². The topological polar surface area (TPSA) is 29.3 Å². The van der Waals surface area contributed by atoms with Crippen molar-refractivity contribution in [3.05, 3.63) is 0 Å². The average Bonchev–Trinajstić information content (AvgIpc) is 2.13. The van der Waals surface area contributed by atoms with Crippen LogP contribution in [0, 0.1) is 5.92 Å². The van der Waals surface area contributed by atoms with Crippen LogP contribution in [0.25, 0.3) is 0 Å². The fourth-order valence-electron chi connectivity index (χ4n) is 2.00. The van der Waals surface area contributed by atoms with Crippen LogP contribution in [-0.2, 0) is 0 Å². The molecule has 1 aliphatic rings. The Morgan fingerprint density at radius 2 is 2.15 bits per heavy atom. The zero-order chi connectivity index (χ0) is 9.84. The molecule has 0 aromatic carbocycles. The highest BCUT2D eigenvalue weighted by molar-refractivity contribution is 7.98. The SMILES string of the molecule is CSCCN1CCC(N)C(C)C1C. The summed E-state index contributed by atoms with van der Waals surface area (Å²) in [7, 11) is 0. The van der Waals surface area contributed by atoms with E-state index < -0.39 is 0 Å². The Labute approximate surface area is 86.2 Å². The van der Waals surface area contributed by atoms with Crippen molar-refractivity contribution in [3.63, 3.8) is 0 Å². The van der Waals surface area contributed by atoms with Crippen molar-refractivity contribution in [2.24, 2.45) is 11.7 Å². The summed E-state index contributed by atoms with van der Waals surface area (Å²) in [5.41, 5.74) is 6.03. The van der Waals surface area contributed by atoms with E-state index in [9.17, 15) is 0 Å². The molecule has 1 saturated heterocycles. The first-order valence-electron chi connectivity index (χ1n) is 5.15. The van der Waals surface area contributed by atoms with Gasteiger partial charge in [0.15, 0.2) is 0 Å². The molecule has 78 valence electrons. The Morgan fingerprint density at radius 3 is 2.77 bits per heavy atom. The molecule has 13 heavy (non-hydrogen) atoms. The molecule has 0 bridgehead atoms. The molecule has 0 aliphatic carbocycles. The molecule has 1 fully saturated rings. The van der Waals surface area contributed by atoms with E-state index in [4.69, 9.17) is 5.73 Å². The summed E-state index contributed by atoms with van der Waals surface area (Å²) >= 11 is 1.93. The van der Waals surface area contributed by atoms with Crippen LogP contribution in [0.2, 0.25) is 0 Å². The summed E-state index contributed by atoms with van der Waals surface area (Å²) < 4.78 is 0. The molecular weight excluding hydrogens is 180 g/mol. The van der Waals surface area contributed by atoms with Crippen LogP contribution in [0.1, 0.15) is 20.3 Å². The number of rotatable bonds is 3. The van der Waals surface area contributed by atoms with Gasteiger partial charge in [-0.1, -0.05) is 6.92 Å². The summed E-state index contributed by atoms with van der Waals surface area (Å²) in [6, 6.07) is 1.08. The van der Waals surface area contributed by atoms with Gasteiger partial charge < -0.3 is 5.73 Å². The maximum atomic E-state index is 6.03. The van der Waals surface area contributed by atoms with E-state index in [1.807, 2.05) is 11.8 Å². The Bertz CT molecular complexity index is 150. The first kappa shape index (κ1) is 11.3. The predicted octanol–water partition coefficient (Wildman–Crippen LogP) is 1.41. The fourth-order valence-corrected chi connectivity index (χ4v) is 2.41. The normalized spacial score (nSPS) is 36.5.